The van der Waals surface area contributed by atoms with Crippen molar-refractivity contribution < 1.29 is 12.9 Å². The number of aryl methyl sites for hydroxylation is 1. The van der Waals surface area contributed by atoms with Crippen molar-refractivity contribution in [2.45, 2.75) is 18.4 Å². The van der Waals surface area contributed by atoms with E-state index in [1.165, 1.54) is 23.5 Å². The summed E-state index contributed by atoms with van der Waals surface area (Å²) < 4.78 is 32.0. The molecule has 0 radical (unpaired) electrons. The Morgan fingerprint density at radius 3 is 2.87 bits per heavy atom. The standard InChI is InChI=1S/C14H12ClN3O3S2/c1-9-4-5-10(7-11(9)15)23(19,20)16-8-13-17-14(18-21-13)12-3-2-6-22-12/h2-7,16H,8H2,1H3. The number of benzene rings is 1. The lowest BCUT2D eigenvalue weighted by Crippen LogP contribution is -2.23. The molecule has 0 bridgehead atoms. The normalized spacial score (nSPS) is 11.7. The zero-order chi connectivity index (χ0) is 16.4. The molecule has 0 saturated carbocycles. The summed E-state index contributed by atoms with van der Waals surface area (Å²) in [6.45, 7) is 1.71. The van der Waals surface area contributed by atoms with Crippen LogP contribution >= 0.6 is 22.9 Å². The molecule has 2 aromatic heterocycles. The van der Waals surface area contributed by atoms with Crippen LogP contribution in [0.4, 0.5) is 0 Å². The molecule has 23 heavy (non-hydrogen) atoms. The summed E-state index contributed by atoms with van der Waals surface area (Å²) in [5.41, 5.74) is 0.808. The topological polar surface area (TPSA) is 85.1 Å². The van der Waals surface area contributed by atoms with Gasteiger partial charge in [0.1, 0.15) is 0 Å². The van der Waals surface area contributed by atoms with Crippen molar-refractivity contribution in [2.75, 3.05) is 0 Å². The second-order valence-electron chi connectivity index (χ2n) is 4.72. The number of sulfonamides is 1. The van der Waals surface area contributed by atoms with Gasteiger partial charge in [-0.05, 0) is 36.1 Å². The third-order valence-corrected chi connectivity index (χ3v) is 5.75. The fraction of sp³-hybridized carbons (Fsp3) is 0.143. The molecule has 6 nitrogen and oxygen atoms in total. The van der Waals surface area contributed by atoms with Gasteiger partial charge in [-0.1, -0.05) is 28.9 Å². The van der Waals surface area contributed by atoms with E-state index in [9.17, 15) is 8.42 Å². The third kappa shape index (κ3) is 3.61. The molecule has 0 fully saturated rings. The molecular formula is C14H12ClN3O3S2. The Kier molecular flexibility index (Phi) is 4.49. The van der Waals surface area contributed by atoms with Gasteiger partial charge in [0, 0.05) is 5.02 Å². The van der Waals surface area contributed by atoms with Crippen LogP contribution in [0, 0.1) is 6.92 Å². The van der Waals surface area contributed by atoms with Crippen molar-refractivity contribution >= 4 is 33.0 Å². The van der Waals surface area contributed by atoms with Crippen LogP contribution in [-0.2, 0) is 16.6 Å². The minimum atomic E-state index is -3.70. The molecule has 0 saturated heterocycles. The van der Waals surface area contributed by atoms with Gasteiger partial charge in [0.2, 0.25) is 21.7 Å². The first kappa shape index (κ1) is 16.1. The summed E-state index contributed by atoms with van der Waals surface area (Å²) in [6.07, 6.45) is 0. The molecule has 0 spiro atoms. The molecule has 0 aliphatic heterocycles. The van der Waals surface area contributed by atoms with Crippen molar-refractivity contribution in [3.8, 4) is 10.7 Å². The van der Waals surface area contributed by atoms with Gasteiger partial charge in [-0.2, -0.15) is 4.98 Å². The van der Waals surface area contributed by atoms with E-state index in [0.29, 0.717) is 10.8 Å². The van der Waals surface area contributed by atoms with Crippen LogP contribution in [-0.4, -0.2) is 18.6 Å². The number of hydrogen-bond donors (Lipinski definition) is 1. The number of aromatic nitrogens is 2. The molecule has 0 aliphatic rings. The first-order chi connectivity index (χ1) is 11.0. The maximum atomic E-state index is 12.2. The minimum absolute atomic E-state index is 0.0890. The first-order valence-electron chi connectivity index (χ1n) is 6.58. The average molecular weight is 370 g/mol. The Bertz CT molecular complexity index is 921. The van der Waals surface area contributed by atoms with E-state index < -0.39 is 10.0 Å². The Morgan fingerprint density at radius 1 is 1.35 bits per heavy atom. The van der Waals surface area contributed by atoms with Gasteiger partial charge < -0.3 is 4.52 Å². The molecular weight excluding hydrogens is 358 g/mol. The highest BCUT2D eigenvalue weighted by atomic mass is 35.5. The van der Waals surface area contributed by atoms with E-state index in [0.717, 1.165) is 10.4 Å². The lowest BCUT2D eigenvalue weighted by atomic mass is 10.2. The highest BCUT2D eigenvalue weighted by molar-refractivity contribution is 7.89. The second kappa shape index (κ2) is 6.40. The maximum absolute atomic E-state index is 12.2. The third-order valence-electron chi connectivity index (χ3n) is 3.08. The lowest BCUT2D eigenvalue weighted by Gasteiger charge is -2.06. The van der Waals surface area contributed by atoms with Crippen LogP contribution in [0.5, 0.6) is 0 Å². The van der Waals surface area contributed by atoms with Gasteiger partial charge >= 0.3 is 0 Å². The highest BCUT2D eigenvalue weighted by Crippen LogP contribution is 2.22. The monoisotopic (exact) mass is 369 g/mol. The number of hydrogen-bond acceptors (Lipinski definition) is 6. The van der Waals surface area contributed by atoms with Crippen LogP contribution in [0.2, 0.25) is 5.02 Å². The summed E-state index contributed by atoms with van der Waals surface area (Å²) in [5, 5.41) is 6.12. The number of thiophene rings is 1. The van der Waals surface area contributed by atoms with Crippen LogP contribution in [0.1, 0.15) is 11.5 Å². The number of halogens is 1. The molecule has 0 atom stereocenters. The van der Waals surface area contributed by atoms with Crippen LogP contribution in [0.3, 0.4) is 0 Å². The zero-order valence-electron chi connectivity index (χ0n) is 12.0. The van der Waals surface area contributed by atoms with Crippen LogP contribution in [0.25, 0.3) is 10.7 Å². The van der Waals surface area contributed by atoms with E-state index in [2.05, 4.69) is 14.9 Å². The maximum Gasteiger partial charge on any atom is 0.242 e. The second-order valence-corrected chi connectivity index (χ2v) is 7.85. The molecule has 1 aromatic carbocycles. The van der Waals surface area contributed by atoms with E-state index in [4.69, 9.17) is 16.1 Å². The Hall–Kier alpha value is -1.74. The molecule has 120 valence electrons. The molecule has 1 N–H and O–H groups in total. The Morgan fingerprint density at radius 2 is 2.17 bits per heavy atom. The summed E-state index contributed by atoms with van der Waals surface area (Å²) in [4.78, 5) is 5.10. The average Bonchev–Trinajstić information content (AvgIpc) is 3.18. The van der Waals surface area contributed by atoms with E-state index in [1.807, 2.05) is 17.5 Å². The summed E-state index contributed by atoms with van der Waals surface area (Å²) >= 11 is 7.44. The van der Waals surface area contributed by atoms with E-state index >= 15 is 0 Å². The summed E-state index contributed by atoms with van der Waals surface area (Å²) in [5.74, 6) is 0.628. The highest BCUT2D eigenvalue weighted by Gasteiger charge is 2.17. The predicted molar refractivity (Wildman–Crippen MR) is 87.8 cm³/mol. The number of rotatable bonds is 5. The van der Waals surface area contributed by atoms with E-state index in [-0.39, 0.29) is 17.3 Å². The number of nitrogens with zero attached hydrogens (tertiary/aromatic N) is 2. The van der Waals surface area contributed by atoms with Crippen molar-refractivity contribution in [1.82, 2.24) is 14.9 Å². The molecule has 2 heterocycles. The van der Waals surface area contributed by atoms with Crippen LogP contribution < -0.4 is 4.72 Å². The van der Waals surface area contributed by atoms with E-state index in [1.54, 1.807) is 13.0 Å². The fourth-order valence-corrected chi connectivity index (χ4v) is 3.71. The molecule has 3 rings (SSSR count). The largest absolute Gasteiger partial charge is 0.337 e. The molecule has 0 amide bonds. The number of nitrogens with one attached hydrogen (secondary N) is 1. The molecule has 9 heteroatoms. The van der Waals surface area contributed by atoms with Gasteiger partial charge in [0.25, 0.3) is 0 Å². The molecule has 0 aliphatic carbocycles. The minimum Gasteiger partial charge on any atom is -0.337 e. The SMILES string of the molecule is Cc1ccc(S(=O)(=O)NCc2nc(-c3cccs3)no2)cc1Cl. The molecule has 0 unspecified atom stereocenters. The first-order valence-corrected chi connectivity index (χ1v) is 9.32. The van der Waals surface area contributed by atoms with Gasteiger partial charge in [-0.3, -0.25) is 0 Å². The lowest BCUT2D eigenvalue weighted by molar-refractivity contribution is 0.376. The smallest absolute Gasteiger partial charge is 0.242 e. The molecule has 3 aromatic rings. The summed E-state index contributed by atoms with van der Waals surface area (Å²) in [6, 6.07) is 8.29. The quantitative estimate of drug-likeness (QED) is 0.746. The Labute approximate surface area is 142 Å². The van der Waals surface area contributed by atoms with Crippen LogP contribution in [0.15, 0.2) is 45.1 Å². The van der Waals surface area contributed by atoms with Gasteiger partial charge in [-0.25, -0.2) is 13.1 Å². The predicted octanol–water partition coefficient (Wildman–Crippen LogP) is 3.24. The van der Waals surface area contributed by atoms with Gasteiger partial charge in [0.15, 0.2) is 0 Å². The Balaban J connectivity index is 1.73. The van der Waals surface area contributed by atoms with Crippen molar-refractivity contribution in [3.05, 3.63) is 52.2 Å². The van der Waals surface area contributed by atoms with Crippen molar-refractivity contribution in [3.63, 3.8) is 0 Å². The van der Waals surface area contributed by atoms with Crippen molar-refractivity contribution in [2.24, 2.45) is 0 Å². The van der Waals surface area contributed by atoms with Gasteiger partial charge in [-0.15, -0.1) is 11.3 Å². The summed E-state index contributed by atoms with van der Waals surface area (Å²) in [7, 11) is -3.70. The van der Waals surface area contributed by atoms with Gasteiger partial charge in [0.05, 0.1) is 16.3 Å². The van der Waals surface area contributed by atoms with Crippen molar-refractivity contribution in [1.29, 1.82) is 0 Å². The fourth-order valence-electron chi connectivity index (χ4n) is 1.81. The zero-order valence-corrected chi connectivity index (χ0v) is 14.4.